The topological polar surface area (TPSA) is 83.3 Å². The third-order valence-corrected chi connectivity index (χ3v) is 5.85. The zero-order valence-electron chi connectivity index (χ0n) is 10.9. The normalized spacial score (nSPS) is 26.9. The van der Waals surface area contributed by atoms with Crippen molar-refractivity contribution in [1.82, 2.24) is 9.29 Å². The van der Waals surface area contributed by atoms with Crippen molar-refractivity contribution in [3.8, 4) is 6.07 Å². The van der Waals surface area contributed by atoms with Crippen molar-refractivity contribution >= 4 is 10.0 Å². The van der Waals surface area contributed by atoms with E-state index in [0.29, 0.717) is 13.2 Å². The van der Waals surface area contributed by atoms with Crippen LogP contribution in [0, 0.1) is 11.3 Å². The number of nitrogens with zero attached hydrogens (tertiary/aromatic N) is 3. The lowest BCUT2D eigenvalue weighted by Crippen LogP contribution is -2.51. The number of morpholine rings is 1. The van der Waals surface area contributed by atoms with Gasteiger partial charge in [-0.1, -0.05) is 0 Å². The molecule has 1 saturated carbocycles. The second-order valence-corrected chi connectivity index (χ2v) is 6.84. The highest BCUT2D eigenvalue weighted by Gasteiger charge is 2.42. The summed E-state index contributed by atoms with van der Waals surface area (Å²) in [6.07, 6.45) is 4.09. The zero-order chi connectivity index (χ0) is 14.2. The number of pyridine rings is 1. The van der Waals surface area contributed by atoms with Crippen LogP contribution >= 0.6 is 0 Å². The maximum absolute atomic E-state index is 12.8. The van der Waals surface area contributed by atoms with Crippen molar-refractivity contribution in [3.05, 3.63) is 24.0 Å². The fraction of sp³-hybridized carbons (Fsp3) is 0.538. The molecule has 2 aliphatic rings. The van der Waals surface area contributed by atoms with Crippen molar-refractivity contribution in [3.63, 3.8) is 0 Å². The van der Waals surface area contributed by atoms with E-state index in [1.165, 1.54) is 16.6 Å². The molecule has 1 aromatic heterocycles. The number of ether oxygens (including phenoxy) is 1. The molecular weight excluding hydrogens is 278 g/mol. The van der Waals surface area contributed by atoms with Gasteiger partial charge in [-0.3, -0.25) is 0 Å². The molecule has 1 aromatic rings. The Morgan fingerprint density at radius 3 is 3.10 bits per heavy atom. The van der Waals surface area contributed by atoms with Crippen LogP contribution < -0.4 is 0 Å². The first kappa shape index (κ1) is 13.5. The van der Waals surface area contributed by atoms with Gasteiger partial charge in [0.25, 0.3) is 0 Å². The maximum atomic E-state index is 12.8. The lowest BCUT2D eigenvalue weighted by atomic mass is 10.2. The lowest BCUT2D eigenvalue weighted by molar-refractivity contribution is -0.0241. The third kappa shape index (κ3) is 2.10. The summed E-state index contributed by atoms with van der Waals surface area (Å²) in [5.41, 5.74) is -0.0476. The summed E-state index contributed by atoms with van der Waals surface area (Å²) in [5.74, 6) is 0. The van der Waals surface area contributed by atoms with Crippen LogP contribution in [0.1, 0.15) is 25.0 Å². The predicted molar refractivity (Wildman–Crippen MR) is 70.2 cm³/mol. The van der Waals surface area contributed by atoms with Gasteiger partial charge in [-0.25, -0.2) is 13.4 Å². The zero-order valence-corrected chi connectivity index (χ0v) is 11.7. The van der Waals surface area contributed by atoms with Gasteiger partial charge in [-0.05, 0) is 31.4 Å². The molecule has 1 aliphatic carbocycles. The number of fused-ring (bicyclic) bond motifs is 1. The van der Waals surface area contributed by atoms with Gasteiger partial charge in [0, 0.05) is 12.7 Å². The minimum Gasteiger partial charge on any atom is -0.375 e. The van der Waals surface area contributed by atoms with E-state index in [1.54, 1.807) is 6.07 Å². The van der Waals surface area contributed by atoms with E-state index in [1.807, 2.05) is 6.07 Å². The molecule has 0 bridgehead atoms. The molecule has 6 nitrogen and oxygen atoms in total. The molecule has 2 unspecified atom stereocenters. The first-order chi connectivity index (χ1) is 9.64. The van der Waals surface area contributed by atoms with E-state index in [-0.39, 0.29) is 22.7 Å². The quantitative estimate of drug-likeness (QED) is 0.809. The van der Waals surface area contributed by atoms with Gasteiger partial charge in [-0.15, -0.1) is 0 Å². The molecule has 20 heavy (non-hydrogen) atoms. The number of aromatic nitrogens is 1. The second-order valence-electron chi connectivity index (χ2n) is 4.99. The molecule has 0 N–H and O–H groups in total. The highest BCUT2D eigenvalue weighted by Crippen LogP contribution is 2.33. The molecule has 0 aromatic carbocycles. The van der Waals surface area contributed by atoms with Crippen LogP contribution in [-0.2, 0) is 14.8 Å². The van der Waals surface area contributed by atoms with Gasteiger partial charge in [0.15, 0.2) is 5.69 Å². The van der Waals surface area contributed by atoms with Gasteiger partial charge in [0.1, 0.15) is 11.0 Å². The number of sulfonamides is 1. The molecule has 2 atom stereocenters. The van der Waals surface area contributed by atoms with Crippen LogP contribution in [0.4, 0.5) is 0 Å². The monoisotopic (exact) mass is 293 g/mol. The summed E-state index contributed by atoms with van der Waals surface area (Å²) >= 11 is 0. The molecule has 1 aliphatic heterocycles. The Morgan fingerprint density at radius 1 is 1.45 bits per heavy atom. The molecule has 0 radical (unpaired) electrons. The van der Waals surface area contributed by atoms with Crippen molar-refractivity contribution in [1.29, 1.82) is 5.26 Å². The molecule has 0 amide bonds. The Balaban J connectivity index is 2.01. The van der Waals surface area contributed by atoms with Crippen LogP contribution in [-0.4, -0.2) is 43.0 Å². The third-order valence-electron chi connectivity index (χ3n) is 3.89. The maximum Gasteiger partial charge on any atom is 0.246 e. The number of nitriles is 1. The number of hydrogen-bond donors (Lipinski definition) is 0. The fourth-order valence-electron chi connectivity index (χ4n) is 3.00. The number of hydrogen-bond acceptors (Lipinski definition) is 5. The van der Waals surface area contributed by atoms with E-state index in [4.69, 9.17) is 10.00 Å². The molecule has 7 heteroatoms. The standard InChI is InChI=1S/C13H15N3O3S/c14-9-10-13(5-2-6-15-10)20(17,18)16-7-8-19-12-4-1-3-11(12)16/h2,5-6,11-12H,1,3-4,7-8H2. The lowest BCUT2D eigenvalue weighted by Gasteiger charge is -2.36. The Labute approximate surface area is 118 Å². The predicted octanol–water partition coefficient (Wildman–Crippen LogP) is 0.895. The van der Waals surface area contributed by atoms with E-state index in [2.05, 4.69) is 4.98 Å². The smallest absolute Gasteiger partial charge is 0.246 e. The molecule has 3 rings (SSSR count). The summed E-state index contributed by atoms with van der Waals surface area (Å²) in [7, 11) is -3.69. The van der Waals surface area contributed by atoms with Gasteiger partial charge in [0.2, 0.25) is 10.0 Å². The minimum absolute atomic E-state index is 0.00458. The van der Waals surface area contributed by atoms with Crippen LogP contribution in [0.5, 0.6) is 0 Å². The Hall–Kier alpha value is -1.49. The summed E-state index contributed by atoms with van der Waals surface area (Å²) < 4.78 is 32.7. The first-order valence-electron chi connectivity index (χ1n) is 6.63. The number of rotatable bonds is 2. The fourth-order valence-corrected chi connectivity index (χ4v) is 4.76. The van der Waals surface area contributed by atoms with Gasteiger partial charge < -0.3 is 4.74 Å². The highest BCUT2D eigenvalue weighted by molar-refractivity contribution is 7.89. The minimum atomic E-state index is -3.69. The van der Waals surface area contributed by atoms with E-state index >= 15 is 0 Å². The molecule has 0 spiro atoms. The van der Waals surface area contributed by atoms with Crippen molar-refractivity contribution in [2.24, 2.45) is 0 Å². The molecule has 2 fully saturated rings. The Morgan fingerprint density at radius 2 is 2.30 bits per heavy atom. The summed E-state index contributed by atoms with van der Waals surface area (Å²) in [6.45, 7) is 0.742. The average molecular weight is 293 g/mol. The summed E-state index contributed by atoms with van der Waals surface area (Å²) in [4.78, 5) is 3.84. The summed E-state index contributed by atoms with van der Waals surface area (Å²) in [5, 5.41) is 9.05. The van der Waals surface area contributed by atoms with Gasteiger partial charge in [-0.2, -0.15) is 9.57 Å². The van der Waals surface area contributed by atoms with Crippen molar-refractivity contribution in [2.45, 2.75) is 36.3 Å². The van der Waals surface area contributed by atoms with Crippen molar-refractivity contribution < 1.29 is 13.2 Å². The van der Waals surface area contributed by atoms with E-state index < -0.39 is 10.0 Å². The molecule has 2 heterocycles. The van der Waals surface area contributed by atoms with Crippen molar-refractivity contribution in [2.75, 3.05) is 13.2 Å². The first-order valence-corrected chi connectivity index (χ1v) is 8.07. The Kier molecular flexibility index (Phi) is 3.46. The second kappa shape index (κ2) is 5.13. The SMILES string of the molecule is N#Cc1ncccc1S(=O)(=O)N1CCOC2CCCC21. The molecule has 1 saturated heterocycles. The van der Waals surface area contributed by atoms with Gasteiger partial charge in [0.05, 0.1) is 18.8 Å². The average Bonchev–Trinajstić information content (AvgIpc) is 2.95. The molecular formula is C13H15N3O3S. The highest BCUT2D eigenvalue weighted by atomic mass is 32.2. The molecule has 106 valence electrons. The van der Waals surface area contributed by atoms with Crippen LogP contribution in [0.25, 0.3) is 0 Å². The Bertz CT molecular complexity index is 653. The largest absolute Gasteiger partial charge is 0.375 e. The van der Waals surface area contributed by atoms with Crippen LogP contribution in [0.15, 0.2) is 23.2 Å². The van der Waals surface area contributed by atoms with Crippen LogP contribution in [0.2, 0.25) is 0 Å². The van der Waals surface area contributed by atoms with E-state index in [9.17, 15) is 8.42 Å². The van der Waals surface area contributed by atoms with E-state index in [0.717, 1.165) is 19.3 Å². The van der Waals surface area contributed by atoms with Crippen LogP contribution in [0.3, 0.4) is 0 Å². The summed E-state index contributed by atoms with van der Waals surface area (Å²) in [6, 6.07) is 4.73. The van der Waals surface area contributed by atoms with Gasteiger partial charge >= 0.3 is 0 Å².